The number of carboxylic acids is 1. The SMILES string of the molecule is CC(C)(C)Oc1ccc(CNc2nccc3ccc(C(=O)O)cc23)cc1. The van der Waals surface area contributed by atoms with E-state index in [4.69, 9.17) is 4.74 Å². The van der Waals surface area contributed by atoms with Crippen LogP contribution < -0.4 is 10.1 Å². The van der Waals surface area contributed by atoms with Gasteiger partial charge in [0.25, 0.3) is 0 Å². The van der Waals surface area contributed by atoms with Crippen LogP contribution in [0.3, 0.4) is 0 Å². The minimum Gasteiger partial charge on any atom is -0.488 e. The Balaban J connectivity index is 1.77. The first kappa shape index (κ1) is 17.7. The smallest absolute Gasteiger partial charge is 0.335 e. The molecule has 0 amide bonds. The van der Waals surface area contributed by atoms with E-state index in [1.54, 1.807) is 24.4 Å². The Morgan fingerprint density at radius 3 is 2.50 bits per heavy atom. The number of anilines is 1. The second-order valence-electron chi connectivity index (χ2n) is 7.11. The summed E-state index contributed by atoms with van der Waals surface area (Å²) < 4.78 is 5.82. The molecule has 3 rings (SSSR count). The van der Waals surface area contributed by atoms with Gasteiger partial charge in [0.05, 0.1) is 5.56 Å². The van der Waals surface area contributed by atoms with Crippen molar-refractivity contribution in [3.63, 3.8) is 0 Å². The van der Waals surface area contributed by atoms with E-state index in [1.165, 1.54) is 0 Å². The highest BCUT2D eigenvalue weighted by Crippen LogP contribution is 2.24. The third-order valence-corrected chi connectivity index (χ3v) is 3.82. The van der Waals surface area contributed by atoms with Crippen molar-refractivity contribution >= 4 is 22.6 Å². The highest BCUT2D eigenvalue weighted by atomic mass is 16.5. The summed E-state index contributed by atoms with van der Waals surface area (Å²) in [6.45, 7) is 6.62. The highest BCUT2D eigenvalue weighted by Gasteiger charge is 2.11. The van der Waals surface area contributed by atoms with Crippen LogP contribution in [-0.4, -0.2) is 21.7 Å². The number of hydrogen-bond donors (Lipinski definition) is 2. The number of ether oxygens (including phenoxy) is 1. The standard InChI is InChI=1S/C21H22N2O3/c1-21(2,3)26-17-8-4-14(5-9-17)13-23-19-18-12-16(20(24)25)7-6-15(18)10-11-22-19/h4-12H,13H2,1-3H3,(H,22,23)(H,24,25). The van der Waals surface area contributed by atoms with Gasteiger partial charge in [0.15, 0.2) is 0 Å². The van der Waals surface area contributed by atoms with Gasteiger partial charge < -0.3 is 15.2 Å². The van der Waals surface area contributed by atoms with E-state index in [0.717, 1.165) is 22.1 Å². The Kier molecular flexibility index (Phi) is 4.80. The fourth-order valence-corrected chi connectivity index (χ4v) is 2.66. The summed E-state index contributed by atoms with van der Waals surface area (Å²) in [5.74, 6) is 0.549. The number of hydrogen-bond acceptors (Lipinski definition) is 4. The largest absolute Gasteiger partial charge is 0.488 e. The maximum atomic E-state index is 11.2. The number of carbonyl (C=O) groups is 1. The molecule has 0 atom stereocenters. The number of fused-ring (bicyclic) bond motifs is 1. The quantitative estimate of drug-likeness (QED) is 0.696. The van der Waals surface area contributed by atoms with Gasteiger partial charge in [-0.15, -0.1) is 0 Å². The minimum atomic E-state index is -0.948. The lowest BCUT2D eigenvalue weighted by atomic mass is 10.1. The van der Waals surface area contributed by atoms with Crippen LogP contribution >= 0.6 is 0 Å². The van der Waals surface area contributed by atoms with Crippen molar-refractivity contribution in [1.82, 2.24) is 4.98 Å². The second-order valence-corrected chi connectivity index (χ2v) is 7.11. The molecule has 0 unspecified atom stereocenters. The van der Waals surface area contributed by atoms with Gasteiger partial charge >= 0.3 is 5.97 Å². The lowest BCUT2D eigenvalue weighted by Crippen LogP contribution is -2.22. The molecular weight excluding hydrogens is 328 g/mol. The number of rotatable bonds is 5. The summed E-state index contributed by atoms with van der Waals surface area (Å²) in [6.07, 6.45) is 1.71. The Labute approximate surface area is 152 Å². The molecule has 0 bridgehead atoms. The van der Waals surface area contributed by atoms with Gasteiger partial charge in [-0.1, -0.05) is 18.2 Å². The van der Waals surface area contributed by atoms with E-state index in [1.807, 2.05) is 51.1 Å². The summed E-state index contributed by atoms with van der Waals surface area (Å²) in [5, 5.41) is 14.2. The van der Waals surface area contributed by atoms with E-state index in [0.29, 0.717) is 12.4 Å². The monoisotopic (exact) mass is 350 g/mol. The first-order chi connectivity index (χ1) is 12.3. The van der Waals surface area contributed by atoms with Gasteiger partial charge in [0.1, 0.15) is 17.2 Å². The summed E-state index contributed by atoms with van der Waals surface area (Å²) in [6, 6.07) is 14.8. The lowest BCUT2D eigenvalue weighted by molar-refractivity contribution is 0.0697. The molecule has 0 aliphatic rings. The van der Waals surface area contributed by atoms with Crippen LogP contribution in [0.4, 0.5) is 5.82 Å². The van der Waals surface area contributed by atoms with E-state index < -0.39 is 5.97 Å². The number of nitrogens with zero attached hydrogens (tertiary/aromatic N) is 1. The molecule has 2 aromatic carbocycles. The Morgan fingerprint density at radius 2 is 1.85 bits per heavy atom. The molecule has 3 aromatic rings. The molecule has 0 spiro atoms. The molecule has 5 nitrogen and oxygen atoms in total. The number of aromatic carboxylic acids is 1. The summed E-state index contributed by atoms with van der Waals surface area (Å²) in [7, 11) is 0. The number of benzene rings is 2. The normalized spacial score (nSPS) is 11.3. The van der Waals surface area contributed by atoms with Gasteiger partial charge in [-0.2, -0.15) is 0 Å². The van der Waals surface area contributed by atoms with Crippen molar-refractivity contribution in [2.75, 3.05) is 5.32 Å². The van der Waals surface area contributed by atoms with Crippen molar-refractivity contribution in [3.05, 3.63) is 65.9 Å². The van der Waals surface area contributed by atoms with Crippen LogP contribution in [0.5, 0.6) is 5.75 Å². The van der Waals surface area contributed by atoms with E-state index in [2.05, 4.69) is 10.3 Å². The maximum Gasteiger partial charge on any atom is 0.335 e. The molecular formula is C21H22N2O3. The first-order valence-electron chi connectivity index (χ1n) is 8.46. The predicted molar refractivity (Wildman–Crippen MR) is 103 cm³/mol. The fourth-order valence-electron chi connectivity index (χ4n) is 2.66. The number of carboxylic acid groups (broad SMARTS) is 1. The van der Waals surface area contributed by atoms with Crippen LogP contribution in [0.15, 0.2) is 54.7 Å². The van der Waals surface area contributed by atoms with Crippen LogP contribution in [0, 0.1) is 0 Å². The lowest BCUT2D eigenvalue weighted by Gasteiger charge is -2.21. The molecule has 1 aromatic heterocycles. The Hall–Kier alpha value is -3.08. The molecule has 0 fully saturated rings. The maximum absolute atomic E-state index is 11.2. The molecule has 2 N–H and O–H groups in total. The predicted octanol–water partition coefficient (Wildman–Crippen LogP) is 4.72. The molecule has 0 saturated carbocycles. The van der Waals surface area contributed by atoms with Crippen LogP contribution in [0.25, 0.3) is 10.8 Å². The van der Waals surface area contributed by atoms with E-state index >= 15 is 0 Å². The van der Waals surface area contributed by atoms with Gasteiger partial charge in [0, 0.05) is 18.1 Å². The molecule has 1 heterocycles. The highest BCUT2D eigenvalue weighted by molar-refractivity contribution is 5.98. The minimum absolute atomic E-state index is 0.228. The van der Waals surface area contributed by atoms with E-state index in [-0.39, 0.29) is 11.2 Å². The van der Waals surface area contributed by atoms with Crippen molar-refractivity contribution in [1.29, 1.82) is 0 Å². The molecule has 5 heteroatoms. The van der Waals surface area contributed by atoms with Crippen molar-refractivity contribution in [3.8, 4) is 5.75 Å². The molecule has 0 saturated heterocycles. The molecule has 134 valence electrons. The number of nitrogens with one attached hydrogen (secondary N) is 1. The van der Waals surface area contributed by atoms with Crippen molar-refractivity contribution in [2.45, 2.75) is 32.9 Å². The summed E-state index contributed by atoms with van der Waals surface area (Å²) in [5.41, 5.74) is 1.10. The third kappa shape index (κ3) is 4.30. The van der Waals surface area contributed by atoms with Gasteiger partial charge in [-0.25, -0.2) is 9.78 Å². The summed E-state index contributed by atoms with van der Waals surface area (Å²) >= 11 is 0. The van der Waals surface area contributed by atoms with Crippen molar-refractivity contribution in [2.24, 2.45) is 0 Å². The van der Waals surface area contributed by atoms with Gasteiger partial charge in [-0.3, -0.25) is 0 Å². The molecule has 26 heavy (non-hydrogen) atoms. The summed E-state index contributed by atoms with van der Waals surface area (Å²) in [4.78, 5) is 15.6. The molecule has 0 aliphatic heterocycles. The van der Waals surface area contributed by atoms with Crippen molar-refractivity contribution < 1.29 is 14.6 Å². The van der Waals surface area contributed by atoms with Gasteiger partial charge in [-0.05, 0) is 62.1 Å². The molecule has 0 radical (unpaired) electrons. The van der Waals surface area contributed by atoms with Crippen LogP contribution in [0.1, 0.15) is 36.7 Å². The van der Waals surface area contributed by atoms with E-state index in [9.17, 15) is 9.90 Å². The van der Waals surface area contributed by atoms with Gasteiger partial charge in [0.2, 0.25) is 0 Å². The average molecular weight is 350 g/mol. The topological polar surface area (TPSA) is 71.5 Å². The fraction of sp³-hybridized carbons (Fsp3) is 0.238. The Morgan fingerprint density at radius 1 is 1.12 bits per heavy atom. The third-order valence-electron chi connectivity index (χ3n) is 3.82. The van der Waals surface area contributed by atoms with Crippen LogP contribution in [0.2, 0.25) is 0 Å². The first-order valence-corrected chi connectivity index (χ1v) is 8.46. The Bertz CT molecular complexity index is 928. The second kappa shape index (κ2) is 7.04. The zero-order chi connectivity index (χ0) is 18.7. The zero-order valence-electron chi connectivity index (χ0n) is 15.1. The number of aromatic nitrogens is 1. The van der Waals surface area contributed by atoms with Crippen LogP contribution in [-0.2, 0) is 6.54 Å². The average Bonchev–Trinajstić information content (AvgIpc) is 2.59. The zero-order valence-corrected chi connectivity index (χ0v) is 15.1. The number of pyridine rings is 1. The molecule has 0 aliphatic carbocycles.